The molecule has 4 N–H and O–H groups in total. The van der Waals surface area contributed by atoms with Gasteiger partial charge in [-0.25, -0.2) is 4.99 Å². The van der Waals surface area contributed by atoms with Crippen molar-refractivity contribution in [2.75, 3.05) is 30.3 Å². The van der Waals surface area contributed by atoms with E-state index in [-0.39, 0.29) is 6.61 Å². The highest BCUT2D eigenvalue weighted by molar-refractivity contribution is 6.30. The molecule has 24 heavy (non-hydrogen) atoms. The zero-order valence-corrected chi connectivity index (χ0v) is 14.0. The Morgan fingerprint density at radius 1 is 1.29 bits per heavy atom. The average Bonchev–Trinajstić information content (AvgIpc) is 2.95. The molecule has 1 aliphatic heterocycles. The molecule has 0 spiro atoms. The summed E-state index contributed by atoms with van der Waals surface area (Å²) in [5.41, 5.74) is 1.86. The molecule has 0 saturated heterocycles. The number of nitrogens with one attached hydrogen (secondary N) is 3. The molecule has 0 saturated carbocycles. The molecule has 3 rings (SSSR count). The molecule has 2 aromatic rings. The molecule has 0 radical (unpaired) electrons. The van der Waals surface area contributed by atoms with E-state index >= 15 is 0 Å². The fraction of sp³-hybridized carbons (Fsp3) is 0.250. The van der Waals surface area contributed by atoms with Crippen LogP contribution in [0.4, 0.5) is 11.5 Å². The number of aliphatic imine (C=N–C) groups is 1. The van der Waals surface area contributed by atoms with E-state index in [1.54, 1.807) is 0 Å². The lowest BCUT2D eigenvalue weighted by Gasteiger charge is -2.26. The zero-order chi connectivity index (χ0) is 16.9. The number of aromatic nitrogens is 2. The minimum atomic E-state index is 0.0690. The summed E-state index contributed by atoms with van der Waals surface area (Å²) in [5.74, 6) is 2.11. The molecule has 0 amide bonds. The second-order valence-electron chi connectivity index (χ2n) is 5.46. The van der Waals surface area contributed by atoms with Gasteiger partial charge >= 0.3 is 0 Å². The van der Waals surface area contributed by atoms with Crippen LogP contribution in [-0.2, 0) is 0 Å². The first-order chi connectivity index (χ1) is 11.6. The van der Waals surface area contributed by atoms with Gasteiger partial charge in [0.2, 0.25) is 0 Å². The van der Waals surface area contributed by atoms with Gasteiger partial charge in [0.1, 0.15) is 11.7 Å². The molecule has 0 bridgehead atoms. The first-order valence-corrected chi connectivity index (χ1v) is 7.96. The largest absolute Gasteiger partial charge is 0.395 e. The zero-order valence-electron chi connectivity index (χ0n) is 13.3. The molecular weight excluding hydrogens is 328 g/mol. The first kappa shape index (κ1) is 16.4. The van der Waals surface area contributed by atoms with E-state index in [9.17, 15) is 5.11 Å². The maximum absolute atomic E-state index is 9.22. The Morgan fingerprint density at radius 3 is 2.75 bits per heavy atom. The van der Waals surface area contributed by atoms with E-state index < -0.39 is 0 Å². The number of aliphatic hydroxyl groups excluding tert-OH is 1. The lowest BCUT2D eigenvalue weighted by Crippen LogP contribution is -2.35. The minimum Gasteiger partial charge on any atom is -0.395 e. The van der Waals surface area contributed by atoms with Gasteiger partial charge in [0, 0.05) is 35.2 Å². The summed E-state index contributed by atoms with van der Waals surface area (Å²) in [7, 11) is 0. The van der Waals surface area contributed by atoms with Gasteiger partial charge in [0.05, 0.1) is 13.2 Å². The smallest absolute Gasteiger partial charge is 0.153 e. The maximum Gasteiger partial charge on any atom is 0.153 e. The van der Waals surface area contributed by atoms with Gasteiger partial charge in [-0.05, 0) is 31.2 Å². The number of rotatable bonds is 5. The van der Waals surface area contributed by atoms with Gasteiger partial charge < -0.3 is 20.6 Å². The third-order valence-electron chi connectivity index (χ3n) is 3.40. The predicted molar refractivity (Wildman–Crippen MR) is 96.2 cm³/mol. The lowest BCUT2D eigenvalue weighted by molar-refractivity contribution is 0.246. The Balaban J connectivity index is 1.76. The number of amidine groups is 1. The highest BCUT2D eigenvalue weighted by atomic mass is 35.5. The fourth-order valence-corrected chi connectivity index (χ4v) is 2.46. The second-order valence-corrected chi connectivity index (χ2v) is 5.90. The van der Waals surface area contributed by atoms with Crippen LogP contribution in [0.15, 0.2) is 47.3 Å². The van der Waals surface area contributed by atoms with Crippen molar-refractivity contribution < 1.29 is 5.11 Å². The first-order valence-electron chi connectivity index (χ1n) is 7.58. The van der Waals surface area contributed by atoms with Crippen LogP contribution in [0.2, 0.25) is 5.02 Å². The monoisotopic (exact) mass is 346 g/mol. The topological polar surface area (TPSA) is 88.6 Å². The number of aryl methyl sites for hydroxylation is 1. The molecule has 0 unspecified atom stereocenters. The summed E-state index contributed by atoms with van der Waals surface area (Å²) >= 11 is 5.91. The molecule has 1 aliphatic rings. The van der Waals surface area contributed by atoms with Crippen LogP contribution in [-0.4, -0.2) is 45.7 Å². The van der Waals surface area contributed by atoms with Gasteiger partial charge in [0.25, 0.3) is 0 Å². The number of aromatic amines is 1. The van der Waals surface area contributed by atoms with Crippen LogP contribution in [0, 0.1) is 6.92 Å². The van der Waals surface area contributed by atoms with Gasteiger partial charge in [-0.1, -0.05) is 11.6 Å². The molecule has 1 aromatic carbocycles. The quantitative estimate of drug-likeness (QED) is 0.667. The number of hydrogen-bond donors (Lipinski definition) is 4. The van der Waals surface area contributed by atoms with Gasteiger partial charge in [-0.3, -0.25) is 5.10 Å². The number of nitrogens with zero attached hydrogens (tertiary/aromatic N) is 3. The van der Waals surface area contributed by atoms with Gasteiger partial charge in [-0.15, -0.1) is 0 Å². The summed E-state index contributed by atoms with van der Waals surface area (Å²) in [4.78, 5) is 6.56. The van der Waals surface area contributed by atoms with Crippen LogP contribution in [0.1, 0.15) is 5.69 Å². The number of anilines is 2. The van der Waals surface area contributed by atoms with Crippen LogP contribution < -0.4 is 10.6 Å². The Kier molecular flexibility index (Phi) is 5.02. The molecule has 0 atom stereocenters. The summed E-state index contributed by atoms with van der Waals surface area (Å²) in [5, 5.41) is 23.4. The number of β-amino-alcohol motifs (C(OH)–C–C–N with tert-alkyl or cyclic N) is 1. The van der Waals surface area contributed by atoms with Crippen molar-refractivity contribution in [2.45, 2.75) is 6.92 Å². The second kappa shape index (κ2) is 7.37. The number of aliphatic hydroxyl groups is 1. The molecule has 1 aromatic heterocycles. The van der Waals surface area contributed by atoms with E-state index in [2.05, 4.69) is 25.8 Å². The Bertz CT molecular complexity index is 752. The number of benzene rings is 1. The molecule has 2 heterocycles. The predicted octanol–water partition coefficient (Wildman–Crippen LogP) is 2.40. The lowest BCUT2D eigenvalue weighted by atomic mass is 10.3. The van der Waals surface area contributed by atoms with Crippen molar-refractivity contribution in [3.05, 3.63) is 53.1 Å². The van der Waals surface area contributed by atoms with Crippen LogP contribution in [0.5, 0.6) is 0 Å². The van der Waals surface area contributed by atoms with Crippen molar-refractivity contribution >= 4 is 28.9 Å². The minimum absolute atomic E-state index is 0.0690. The fourth-order valence-electron chi connectivity index (χ4n) is 2.33. The number of halogens is 1. The summed E-state index contributed by atoms with van der Waals surface area (Å²) < 4.78 is 0. The molecule has 8 heteroatoms. The van der Waals surface area contributed by atoms with Crippen molar-refractivity contribution in [2.24, 2.45) is 4.99 Å². The van der Waals surface area contributed by atoms with Gasteiger partial charge in [-0.2, -0.15) is 5.10 Å². The SMILES string of the molecule is Cc1cc(NC2=CN(CCO)CC(Nc3ccc(Cl)cc3)=N2)n[nH]1. The van der Waals surface area contributed by atoms with Gasteiger partial charge in [0.15, 0.2) is 5.82 Å². The molecule has 126 valence electrons. The van der Waals surface area contributed by atoms with Crippen molar-refractivity contribution in [1.82, 2.24) is 15.1 Å². The number of H-pyrrole nitrogens is 1. The van der Waals surface area contributed by atoms with E-state index in [0.29, 0.717) is 29.8 Å². The Labute approximate surface area is 145 Å². The van der Waals surface area contributed by atoms with E-state index in [0.717, 1.165) is 17.2 Å². The highest BCUT2D eigenvalue weighted by Crippen LogP contribution is 2.17. The van der Waals surface area contributed by atoms with Crippen molar-refractivity contribution in [3.63, 3.8) is 0 Å². The summed E-state index contributed by atoms with van der Waals surface area (Å²) in [6.07, 6.45) is 1.87. The highest BCUT2D eigenvalue weighted by Gasteiger charge is 2.14. The van der Waals surface area contributed by atoms with E-state index in [4.69, 9.17) is 11.6 Å². The molecule has 0 fully saturated rings. The molecule has 7 nitrogen and oxygen atoms in total. The van der Waals surface area contributed by atoms with Crippen LogP contribution >= 0.6 is 11.6 Å². The van der Waals surface area contributed by atoms with Crippen LogP contribution in [0.3, 0.4) is 0 Å². The summed E-state index contributed by atoms with van der Waals surface area (Å²) in [6, 6.07) is 9.32. The average molecular weight is 347 g/mol. The van der Waals surface area contributed by atoms with Crippen LogP contribution in [0.25, 0.3) is 0 Å². The Hall–Kier alpha value is -2.51. The van der Waals surface area contributed by atoms with E-state index in [1.807, 2.05) is 48.4 Å². The third-order valence-corrected chi connectivity index (χ3v) is 3.65. The van der Waals surface area contributed by atoms with Crippen molar-refractivity contribution in [3.8, 4) is 0 Å². The number of hydrogen-bond acceptors (Lipinski definition) is 6. The molecular formula is C16H19ClN6O. The third kappa shape index (κ3) is 4.27. The normalized spacial score (nSPS) is 14.2. The standard InChI is InChI=1S/C16H19ClN6O/c1-11-8-14(22-21-11)19-16-10-23(6-7-24)9-15(20-16)18-13-4-2-12(17)3-5-13/h2-5,8,10,24H,6-7,9H2,1H3,(H,18,20)(H2,19,21,22). The molecule has 0 aliphatic carbocycles. The maximum atomic E-state index is 9.22. The van der Waals surface area contributed by atoms with E-state index in [1.165, 1.54) is 0 Å². The summed E-state index contributed by atoms with van der Waals surface area (Å²) in [6.45, 7) is 3.10. The van der Waals surface area contributed by atoms with Crippen molar-refractivity contribution in [1.29, 1.82) is 0 Å². The Morgan fingerprint density at radius 2 is 2.08 bits per heavy atom.